The standard InChI is InChI=1S/C48H29N3O2/c52-47-36-22-20-30(43-18-8-10-24-49-43)26-44(36)53-45-29-37-34-15-5-7-17-40(34)48(42(37)28-38(45)47)39-16-6-4-14-33(39)35-23-21-32(27-41(35)48)51(31-12-2-1-3-13-31)46-19-9-11-25-50-46/h1-29H. The highest BCUT2D eigenvalue weighted by molar-refractivity contribution is 6.01. The van der Waals surface area contributed by atoms with Gasteiger partial charge in [-0.2, -0.15) is 0 Å². The molecule has 1 unspecified atom stereocenters. The van der Waals surface area contributed by atoms with E-state index >= 15 is 0 Å². The van der Waals surface area contributed by atoms with E-state index in [0.29, 0.717) is 21.9 Å². The Hall–Kier alpha value is -7.11. The summed E-state index contributed by atoms with van der Waals surface area (Å²) in [5.74, 6) is 0.831. The Morgan fingerprint density at radius 3 is 1.89 bits per heavy atom. The third-order valence-corrected chi connectivity index (χ3v) is 11.0. The molecule has 0 N–H and O–H groups in total. The van der Waals surface area contributed by atoms with Crippen molar-refractivity contribution in [2.24, 2.45) is 0 Å². The molecule has 248 valence electrons. The lowest BCUT2D eigenvalue weighted by Crippen LogP contribution is -2.26. The Balaban J connectivity index is 1.20. The zero-order valence-electron chi connectivity index (χ0n) is 28.4. The molecule has 2 aliphatic carbocycles. The normalized spacial score (nSPS) is 14.9. The Labute approximate surface area is 305 Å². The number of pyridine rings is 2. The van der Waals surface area contributed by atoms with Gasteiger partial charge in [0.05, 0.1) is 21.9 Å². The molecule has 0 fully saturated rings. The van der Waals surface area contributed by atoms with E-state index in [1.165, 1.54) is 27.8 Å². The SMILES string of the molecule is O=c1c2ccc(-c3ccccn3)cc2oc2cc3c(cc12)C1(c2ccccc2-c2ccc(N(c4ccccc4)c4ccccn4)cc21)c1ccccc1-3. The Morgan fingerprint density at radius 2 is 1.13 bits per heavy atom. The van der Waals surface area contributed by atoms with Crippen LogP contribution in [0.25, 0.3) is 55.4 Å². The minimum absolute atomic E-state index is 0.0478. The second-order valence-corrected chi connectivity index (χ2v) is 13.7. The molecular weight excluding hydrogens is 651 g/mol. The van der Waals surface area contributed by atoms with E-state index in [4.69, 9.17) is 9.40 Å². The van der Waals surface area contributed by atoms with E-state index in [1.807, 2.05) is 66.9 Å². The predicted octanol–water partition coefficient (Wildman–Crippen LogP) is 11.2. The Morgan fingerprint density at radius 1 is 0.472 bits per heavy atom. The maximum atomic E-state index is 14.5. The summed E-state index contributed by atoms with van der Waals surface area (Å²) in [5, 5.41) is 1.11. The zero-order chi connectivity index (χ0) is 35.1. The number of hydrogen-bond acceptors (Lipinski definition) is 5. The van der Waals surface area contributed by atoms with E-state index < -0.39 is 5.41 Å². The Bertz CT molecular complexity index is 2940. The van der Waals surface area contributed by atoms with Crippen LogP contribution in [0.3, 0.4) is 0 Å². The molecule has 5 nitrogen and oxygen atoms in total. The molecule has 3 heterocycles. The molecule has 11 rings (SSSR count). The highest BCUT2D eigenvalue weighted by Gasteiger charge is 2.52. The van der Waals surface area contributed by atoms with Crippen LogP contribution in [0.15, 0.2) is 185 Å². The number of fused-ring (bicyclic) bond motifs is 12. The monoisotopic (exact) mass is 679 g/mol. The molecule has 6 aromatic carbocycles. The Kier molecular flexibility index (Phi) is 6.25. The van der Waals surface area contributed by atoms with Crippen molar-refractivity contribution in [3.8, 4) is 33.5 Å². The average molecular weight is 680 g/mol. The highest BCUT2D eigenvalue weighted by Crippen LogP contribution is 2.63. The van der Waals surface area contributed by atoms with Gasteiger partial charge in [-0.3, -0.25) is 14.7 Å². The van der Waals surface area contributed by atoms with Crippen LogP contribution in [0.2, 0.25) is 0 Å². The largest absolute Gasteiger partial charge is 0.456 e. The van der Waals surface area contributed by atoms with Crippen LogP contribution in [-0.4, -0.2) is 9.97 Å². The van der Waals surface area contributed by atoms with E-state index in [-0.39, 0.29) is 5.43 Å². The molecule has 1 atom stereocenters. The van der Waals surface area contributed by atoms with Gasteiger partial charge in [-0.05, 0) is 117 Å². The maximum Gasteiger partial charge on any atom is 0.200 e. The van der Waals surface area contributed by atoms with E-state index in [0.717, 1.165) is 45.1 Å². The fourth-order valence-electron chi connectivity index (χ4n) is 8.78. The molecule has 0 bridgehead atoms. The summed E-state index contributed by atoms with van der Waals surface area (Å²) in [5.41, 5.74) is 13.3. The molecule has 0 saturated heterocycles. The fourth-order valence-corrected chi connectivity index (χ4v) is 8.78. The third-order valence-electron chi connectivity index (χ3n) is 11.0. The molecule has 0 saturated carbocycles. The quantitative estimate of drug-likeness (QED) is 0.173. The van der Waals surface area contributed by atoms with Crippen LogP contribution >= 0.6 is 0 Å². The molecule has 0 amide bonds. The van der Waals surface area contributed by atoms with Gasteiger partial charge in [0.15, 0.2) is 0 Å². The van der Waals surface area contributed by atoms with Gasteiger partial charge in [-0.15, -0.1) is 0 Å². The number of hydrogen-bond donors (Lipinski definition) is 0. The lowest BCUT2D eigenvalue weighted by molar-refractivity contribution is 0.660. The summed E-state index contributed by atoms with van der Waals surface area (Å²) < 4.78 is 6.63. The van der Waals surface area contributed by atoms with Crippen LogP contribution in [0.4, 0.5) is 17.2 Å². The van der Waals surface area contributed by atoms with Crippen molar-refractivity contribution in [3.05, 3.63) is 209 Å². The van der Waals surface area contributed by atoms with Crippen molar-refractivity contribution in [1.29, 1.82) is 0 Å². The molecule has 53 heavy (non-hydrogen) atoms. The second kappa shape index (κ2) is 11.2. The maximum absolute atomic E-state index is 14.5. The van der Waals surface area contributed by atoms with Crippen LogP contribution in [0, 0.1) is 0 Å². The lowest BCUT2D eigenvalue weighted by atomic mass is 9.70. The predicted molar refractivity (Wildman–Crippen MR) is 212 cm³/mol. The van der Waals surface area contributed by atoms with Gasteiger partial charge in [0, 0.05) is 29.3 Å². The first kappa shape index (κ1) is 29.6. The number of anilines is 3. The van der Waals surface area contributed by atoms with Gasteiger partial charge in [0.2, 0.25) is 5.43 Å². The fraction of sp³-hybridized carbons (Fsp3) is 0.0208. The summed E-state index contributed by atoms with van der Waals surface area (Å²) in [7, 11) is 0. The van der Waals surface area contributed by atoms with Gasteiger partial charge in [-0.1, -0.05) is 91.0 Å². The van der Waals surface area contributed by atoms with Crippen LogP contribution in [0.5, 0.6) is 0 Å². The van der Waals surface area contributed by atoms with Crippen molar-refractivity contribution < 1.29 is 4.42 Å². The summed E-state index contributed by atoms with van der Waals surface area (Å²) in [6, 6.07) is 56.3. The first-order chi connectivity index (χ1) is 26.2. The van der Waals surface area contributed by atoms with Crippen LogP contribution in [0.1, 0.15) is 22.3 Å². The topological polar surface area (TPSA) is 59.2 Å². The summed E-state index contributed by atoms with van der Waals surface area (Å²) in [6.45, 7) is 0. The van der Waals surface area contributed by atoms with Gasteiger partial charge in [-0.25, -0.2) is 4.98 Å². The summed E-state index contributed by atoms with van der Waals surface area (Å²) in [6.07, 6.45) is 3.60. The van der Waals surface area contributed by atoms with Gasteiger partial charge < -0.3 is 4.42 Å². The average Bonchev–Trinajstić information content (AvgIpc) is 3.68. The molecule has 3 aromatic heterocycles. The number of benzene rings is 6. The summed E-state index contributed by atoms with van der Waals surface area (Å²) >= 11 is 0. The second-order valence-electron chi connectivity index (χ2n) is 13.7. The minimum Gasteiger partial charge on any atom is -0.456 e. The van der Waals surface area contributed by atoms with Gasteiger partial charge in [0.25, 0.3) is 0 Å². The number of nitrogens with zero attached hydrogens (tertiary/aromatic N) is 3. The highest BCUT2D eigenvalue weighted by atomic mass is 16.3. The van der Waals surface area contributed by atoms with E-state index in [9.17, 15) is 4.79 Å². The van der Waals surface area contributed by atoms with Crippen molar-refractivity contribution in [3.63, 3.8) is 0 Å². The smallest absolute Gasteiger partial charge is 0.200 e. The van der Waals surface area contributed by atoms with Gasteiger partial charge in [0.1, 0.15) is 17.0 Å². The third kappa shape index (κ3) is 4.16. The first-order valence-corrected chi connectivity index (χ1v) is 17.8. The molecule has 5 heteroatoms. The summed E-state index contributed by atoms with van der Waals surface area (Å²) in [4.78, 5) is 26.0. The number of aromatic nitrogens is 2. The molecular formula is C48H29N3O2. The zero-order valence-corrected chi connectivity index (χ0v) is 28.4. The number of para-hydroxylation sites is 1. The molecule has 2 aliphatic rings. The number of rotatable bonds is 4. The van der Waals surface area contributed by atoms with Gasteiger partial charge >= 0.3 is 0 Å². The van der Waals surface area contributed by atoms with Crippen LogP contribution in [-0.2, 0) is 5.41 Å². The van der Waals surface area contributed by atoms with Crippen molar-refractivity contribution in [1.82, 2.24) is 9.97 Å². The van der Waals surface area contributed by atoms with E-state index in [1.54, 1.807) is 6.20 Å². The molecule has 0 radical (unpaired) electrons. The molecule has 1 spiro atoms. The lowest BCUT2D eigenvalue weighted by Gasteiger charge is -2.32. The van der Waals surface area contributed by atoms with Crippen molar-refractivity contribution in [2.75, 3.05) is 4.90 Å². The van der Waals surface area contributed by atoms with E-state index in [2.05, 4.69) is 113 Å². The molecule has 9 aromatic rings. The van der Waals surface area contributed by atoms with Crippen molar-refractivity contribution in [2.45, 2.75) is 5.41 Å². The molecule has 0 aliphatic heterocycles. The first-order valence-electron chi connectivity index (χ1n) is 17.8. The van der Waals surface area contributed by atoms with Crippen LogP contribution < -0.4 is 10.3 Å². The minimum atomic E-state index is -0.668. The van der Waals surface area contributed by atoms with Crippen molar-refractivity contribution >= 4 is 39.1 Å².